The van der Waals surface area contributed by atoms with Gasteiger partial charge in [0.05, 0.1) is 10.6 Å². The van der Waals surface area contributed by atoms with Crippen molar-refractivity contribution in [1.82, 2.24) is 9.80 Å². The molecule has 1 fully saturated rings. The Labute approximate surface area is 168 Å². The van der Waals surface area contributed by atoms with E-state index in [1.165, 1.54) is 12.1 Å². The molecule has 152 valence electrons. The van der Waals surface area contributed by atoms with Gasteiger partial charge >= 0.3 is 6.18 Å². The van der Waals surface area contributed by atoms with Crippen molar-refractivity contribution in [1.29, 1.82) is 0 Å². The number of hydrogen-bond acceptors (Lipinski definition) is 3. The maximum Gasteiger partial charge on any atom is 0.416 e. The Morgan fingerprint density at radius 1 is 1.04 bits per heavy atom. The summed E-state index contributed by atoms with van der Waals surface area (Å²) >= 11 is 6.20. The number of benzene rings is 2. The van der Waals surface area contributed by atoms with E-state index in [1.54, 1.807) is 30.3 Å². The summed E-state index contributed by atoms with van der Waals surface area (Å²) in [5.41, 5.74) is -0.166. The second kappa shape index (κ2) is 9.16. The molecular weight excluding hydrogens is 389 g/mol. The zero-order chi connectivity index (χ0) is 20.1. The summed E-state index contributed by atoms with van der Waals surface area (Å²) in [6.07, 6.45) is -4.32. The van der Waals surface area contributed by atoms with Crippen LogP contribution < -0.4 is 4.74 Å². The molecule has 1 aliphatic rings. The highest BCUT2D eigenvalue weighted by Gasteiger charge is 2.31. The van der Waals surface area contributed by atoms with Gasteiger partial charge in [-0.1, -0.05) is 35.9 Å². The summed E-state index contributed by atoms with van der Waals surface area (Å²) < 4.78 is 45.6. The maximum atomic E-state index is 13.2. The Hall–Kier alpha value is -1.76. The molecule has 7 heteroatoms. The zero-order valence-electron chi connectivity index (χ0n) is 15.8. The highest BCUT2D eigenvalue weighted by Crippen LogP contribution is 2.34. The van der Waals surface area contributed by atoms with Crippen LogP contribution in [0.5, 0.6) is 5.75 Å². The van der Waals surface area contributed by atoms with E-state index in [0.29, 0.717) is 22.8 Å². The minimum Gasteiger partial charge on any atom is -0.484 e. The van der Waals surface area contributed by atoms with Gasteiger partial charge in [-0.3, -0.25) is 0 Å². The van der Waals surface area contributed by atoms with Gasteiger partial charge in [0.25, 0.3) is 0 Å². The van der Waals surface area contributed by atoms with Gasteiger partial charge in [0.2, 0.25) is 0 Å². The van der Waals surface area contributed by atoms with Crippen LogP contribution in [0.25, 0.3) is 0 Å². The molecule has 1 unspecified atom stereocenters. The summed E-state index contributed by atoms with van der Waals surface area (Å²) in [5.74, 6) is 0.477. The SMILES string of the molecule is CN1CCN(CCC(Oc2ccccc2Cl)c2cccc(C(F)(F)F)c2)CC1. The van der Waals surface area contributed by atoms with Gasteiger partial charge in [0.15, 0.2) is 0 Å². The third-order valence-electron chi connectivity index (χ3n) is 5.00. The Bertz CT molecular complexity index is 776. The predicted octanol–water partition coefficient (Wildman–Crippen LogP) is 5.12. The first-order chi connectivity index (χ1) is 13.3. The Morgan fingerprint density at radius 3 is 2.43 bits per heavy atom. The molecule has 0 bridgehead atoms. The van der Waals surface area contributed by atoms with Crippen LogP contribution in [0.15, 0.2) is 48.5 Å². The molecule has 0 amide bonds. The lowest BCUT2D eigenvalue weighted by Gasteiger charge is -2.33. The summed E-state index contributed by atoms with van der Waals surface area (Å²) in [6.45, 7) is 4.61. The third-order valence-corrected chi connectivity index (χ3v) is 5.31. The van der Waals surface area contributed by atoms with Crippen LogP contribution in [-0.4, -0.2) is 49.6 Å². The van der Waals surface area contributed by atoms with E-state index in [0.717, 1.165) is 38.8 Å². The number of para-hydroxylation sites is 1. The fourth-order valence-corrected chi connectivity index (χ4v) is 3.45. The average molecular weight is 413 g/mol. The number of ether oxygens (including phenoxy) is 1. The fourth-order valence-electron chi connectivity index (χ4n) is 3.27. The fraction of sp³-hybridized carbons (Fsp3) is 0.429. The van der Waals surface area contributed by atoms with Crippen LogP contribution >= 0.6 is 11.6 Å². The number of rotatable bonds is 6. The Balaban J connectivity index is 1.79. The molecule has 3 rings (SSSR count). The van der Waals surface area contributed by atoms with Crippen LogP contribution in [-0.2, 0) is 6.18 Å². The molecular formula is C21H24ClF3N2O. The molecule has 1 aliphatic heterocycles. The van der Waals surface area contributed by atoms with Crippen LogP contribution in [0, 0.1) is 0 Å². The van der Waals surface area contributed by atoms with Crippen molar-refractivity contribution < 1.29 is 17.9 Å². The van der Waals surface area contributed by atoms with Crippen LogP contribution in [0.1, 0.15) is 23.7 Å². The number of alkyl halides is 3. The lowest BCUT2D eigenvalue weighted by atomic mass is 10.0. The van der Waals surface area contributed by atoms with Crippen LogP contribution in [0.4, 0.5) is 13.2 Å². The minimum absolute atomic E-state index is 0.444. The Kier molecular flexibility index (Phi) is 6.86. The molecule has 28 heavy (non-hydrogen) atoms. The van der Waals surface area contributed by atoms with Crippen LogP contribution in [0.2, 0.25) is 5.02 Å². The van der Waals surface area contributed by atoms with Gasteiger partial charge in [-0.2, -0.15) is 13.2 Å². The molecule has 1 heterocycles. The summed E-state index contributed by atoms with van der Waals surface area (Å²) in [6, 6.07) is 12.4. The smallest absolute Gasteiger partial charge is 0.416 e. The van der Waals surface area contributed by atoms with E-state index in [2.05, 4.69) is 16.8 Å². The quantitative estimate of drug-likeness (QED) is 0.655. The van der Waals surface area contributed by atoms with Gasteiger partial charge < -0.3 is 14.5 Å². The van der Waals surface area contributed by atoms with Crippen molar-refractivity contribution in [3.63, 3.8) is 0 Å². The predicted molar refractivity (Wildman–Crippen MR) is 105 cm³/mol. The number of hydrogen-bond donors (Lipinski definition) is 0. The molecule has 0 N–H and O–H groups in total. The Morgan fingerprint density at radius 2 is 1.75 bits per heavy atom. The lowest BCUT2D eigenvalue weighted by molar-refractivity contribution is -0.137. The van der Waals surface area contributed by atoms with Crippen molar-refractivity contribution in [3.05, 3.63) is 64.7 Å². The molecule has 1 atom stereocenters. The monoisotopic (exact) mass is 412 g/mol. The highest BCUT2D eigenvalue weighted by molar-refractivity contribution is 6.32. The first-order valence-electron chi connectivity index (χ1n) is 9.32. The largest absolute Gasteiger partial charge is 0.484 e. The van der Waals surface area contributed by atoms with E-state index < -0.39 is 17.8 Å². The highest BCUT2D eigenvalue weighted by atomic mass is 35.5. The van der Waals surface area contributed by atoms with Gasteiger partial charge in [0, 0.05) is 39.1 Å². The summed E-state index contributed by atoms with van der Waals surface area (Å²) in [5, 5.41) is 0.444. The molecule has 0 aliphatic carbocycles. The normalized spacial score (nSPS) is 17.5. The van der Waals surface area contributed by atoms with Crippen molar-refractivity contribution in [2.75, 3.05) is 39.8 Å². The van der Waals surface area contributed by atoms with E-state index in [9.17, 15) is 13.2 Å². The van der Waals surface area contributed by atoms with Crippen molar-refractivity contribution >= 4 is 11.6 Å². The number of piperazine rings is 1. The van der Waals surface area contributed by atoms with E-state index in [-0.39, 0.29) is 0 Å². The number of likely N-dealkylation sites (N-methyl/N-ethyl adjacent to an activating group) is 1. The first-order valence-corrected chi connectivity index (χ1v) is 9.70. The van der Waals surface area contributed by atoms with E-state index in [4.69, 9.17) is 16.3 Å². The topological polar surface area (TPSA) is 15.7 Å². The summed E-state index contributed by atoms with van der Waals surface area (Å²) in [7, 11) is 2.09. The average Bonchev–Trinajstić information content (AvgIpc) is 2.67. The van der Waals surface area contributed by atoms with Gasteiger partial charge in [-0.25, -0.2) is 0 Å². The molecule has 1 saturated heterocycles. The second-order valence-corrected chi connectivity index (χ2v) is 7.50. The zero-order valence-corrected chi connectivity index (χ0v) is 16.5. The van der Waals surface area contributed by atoms with Gasteiger partial charge in [0.1, 0.15) is 11.9 Å². The molecule has 0 spiro atoms. The molecule has 0 aromatic heterocycles. The van der Waals surface area contributed by atoms with Gasteiger partial charge in [-0.05, 0) is 36.9 Å². The standard InChI is InChI=1S/C21H24ClF3N2O/c1-26-11-13-27(14-12-26)10-9-19(28-20-8-3-2-7-18(20)22)16-5-4-6-17(15-16)21(23,24)25/h2-8,15,19H,9-14H2,1H3. The molecule has 2 aromatic rings. The lowest BCUT2D eigenvalue weighted by Crippen LogP contribution is -2.45. The molecule has 0 saturated carbocycles. The van der Waals surface area contributed by atoms with E-state index in [1.807, 2.05) is 0 Å². The second-order valence-electron chi connectivity index (χ2n) is 7.09. The van der Waals surface area contributed by atoms with Gasteiger partial charge in [-0.15, -0.1) is 0 Å². The minimum atomic E-state index is -4.39. The third kappa shape index (κ3) is 5.63. The molecule has 2 aromatic carbocycles. The first kappa shape index (κ1) is 21.0. The van der Waals surface area contributed by atoms with Crippen molar-refractivity contribution in [3.8, 4) is 5.75 Å². The maximum absolute atomic E-state index is 13.2. The molecule has 3 nitrogen and oxygen atoms in total. The van der Waals surface area contributed by atoms with E-state index >= 15 is 0 Å². The van der Waals surface area contributed by atoms with Crippen molar-refractivity contribution in [2.24, 2.45) is 0 Å². The van der Waals surface area contributed by atoms with Crippen molar-refractivity contribution in [2.45, 2.75) is 18.7 Å². The number of nitrogens with zero attached hydrogens (tertiary/aromatic N) is 2. The molecule has 0 radical (unpaired) electrons. The summed E-state index contributed by atoms with van der Waals surface area (Å²) in [4.78, 5) is 4.58. The number of halogens is 4. The van der Waals surface area contributed by atoms with Crippen LogP contribution in [0.3, 0.4) is 0 Å².